The third-order valence-corrected chi connectivity index (χ3v) is 9.71. The summed E-state index contributed by atoms with van der Waals surface area (Å²) in [5.41, 5.74) is 0. The smallest absolute Gasteiger partial charge is 0.361 e. The lowest BCUT2D eigenvalue weighted by atomic mass is 10.0. The largest absolute Gasteiger partial charge is 0.477 e. The van der Waals surface area contributed by atoms with Crippen molar-refractivity contribution in [2.75, 3.05) is 47.5 Å². The summed E-state index contributed by atoms with van der Waals surface area (Å²) in [6.07, 6.45) is 38.6. The molecule has 0 saturated heterocycles. The van der Waals surface area contributed by atoms with Crippen molar-refractivity contribution in [3.05, 3.63) is 24.3 Å². The Hall–Kier alpha value is -2.23. The summed E-state index contributed by atoms with van der Waals surface area (Å²) in [7, 11) is 5.94. The second-order valence-corrected chi connectivity index (χ2v) is 16.4. The van der Waals surface area contributed by atoms with Crippen LogP contribution in [0.2, 0.25) is 0 Å². The molecule has 9 nitrogen and oxygen atoms in total. The van der Waals surface area contributed by atoms with Gasteiger partial charge in [0.1, 0.15) is 13.2 Å². The van der Waals surface area contributed by atoms with Crippen LogP contribution in [-0.4, -0.2) is 87.4 Å². The number of carboxylic acids is 1. The number of aliphatic carboxylic acids is 1. The molecule has 0 aliphatic heterocycles. The maximum Gasteiger partial charge on any atom is 0.361 e. The molecule has 0 heterocycles. The Labute approximate surface area is 337 Å². The van der Waals surface area contributed by atoms with Crippen LogP contribution >= 0.6 is 0 Å². The first-order valence-corrected chi connectivity index (χ1v) is 22.5. The Morgan fingerprint density at radius 1 is 0.545 bits per heavy atom. The number of nitrogens with zero attached hydrogens (tertiary/aromatic N) is 1. The number of hydrogen-bond acceptors (Lipinski definition) is 7. The molecule has 55 heavy (non-hydrogen) atoms. The first-order chi connectivity index (χ1) is 26.6. The Morgan fingerprint density at radius 3 is 1.44 bits per heavy atom. The fourth-order valence-corrected chi connectivity index (χ4v) is 6.16. The number of rotatable bonds is 41. The monoisotopic (exact) mass is 781 g/mol. The van der Waals surface area contributed by atoms with Gasteiger partial charge in [0.05, 0.1) is 34.4 Å². The summed E-state index contributed by atoms with van der Waals surface area (Å²) in [6, 6.07) is 0. The van der Waals surface area contributed by atoms with E-state index in [0.717, 1.165) is 57.8 Å². The third-order valence-electron chi connectivity index (χ3n) is 9.71. The average molecular weight is 781 g/mol. The molecule has 9 heteroatoms. The molecule has 1 N–H and O–H groups in total. The zero-order chi connectivity index (χ0) is 40.7. The maximum absolute atomic E-state index is 12.7. The van der Waals surface area contributed by atoms with Crippen molar-refractivity contribution in [2.45, 2.75) is 206 Å². The van der Waals surface area contributed by atoms with Crippen LogP contribution < -0.4 is 0 Å². The molecule has 0 bridgehead atoms. The molecule has 0 saturated carbocycles. The second-order valence-electron chi connectivity index (χ2n) is 16.4. The van der Waals surface area contributed by atoms with Gasteiger partial charge in [0, 0.05) is 12.8 Å². The Balaban J connectivity index is 4.11. The fourth-order valence-electron chi connectivity index (χ4n) is 6.16. The summed E-state index contributed by atoms with van der Waals surface area (Å²) >= 11 is 0. The van der Waals surface area contributed by atoms with Crippen LogP contribution in [0.5, 0.6) is 0 Å². The van der Waals surface area contributed by atoms with Gasteiger partial charge in [-0.1, -0.05) is 160 Å². The number of esters is 2. The summed E-state index contributed by atoms with van der Waals surface area (Å²) in [5, 5.41) is 9.58. The van der Waals surface area contributed by atoms with E-state index in [9.17, 15) is 19.5 Å². The van der Waals surface area contributed by atoms with E-state index in [-0.39, 0.29) is 32.2 Å². The first kappa shape index (κ1) is 52.8. The van der Waals surface area contributed by atoms with Crippen molar-refractivity contribution in [3.8, 4) is 0 Å². The number of allylic oxidation sites excluding steroid dienone is 4. The minimum atomic E-state index is -1.50. The van der Waals surface area contributed by atoms with Crippen molar-refractivity contribution in [1.82, 2.24) is 0 Å². The van der Waals surface area contributed by atoms with Gasteiger partial charge >= 0.3 is 17.9 Å². The Bertz CT molecular complexity index is 960. The number of carbonyl (C=O) groups excluding carboxylic acids is 2. The second kappa shape index (κ2) is 38.6. The van der Waals surface area contributed by atoms with Gasteiger partial charge < -0.3 is 28.5 Å². The van der Waals surface area contributed by atoms with Crippen molar-refractivity contribution < 1.29 is 42.9 Å². The topological polar surface area (TPSA) is 108 Å². The molecule has 0 fully saturated rings. The van der Waals surface area contributed by atoms with E-state index in [1.807, 2.05) is 21.1 Å². The van der Waals surface area contributed by atoms with Gasteiger partial charge in [0.15, 0.2) is 6.10 Å². The van der Waals surface area contributed by atoms with E-state index in [2.05, 4.69) is 38.2 Å². The van der Waals surface area contributed by atoms with Gasteiger partial charge in [-0.15, -0.1) is 0 Å². The molecular formula is C46H86NO8+. The molecule has 2 atom stereocenters. The summed E-state index contributed by atoms with van der Waals surface area (Å²) in [4.78, 5) is 36.7. The molecule has 0 spiro atoms. The lowest BCUT2D eigenvalue weighted by Gasteiger charge is -2.25. The zero-order valence-corrected chi connectivity index (χ0v) is 36.3. The highest BCUT2D eigenvalue weighted by atomic mass is 16.7. The lowest BCUT2D eigenvalue weighted by Crippen LogP contribution is -2.40. The number of carboxylic acid groups (broad SMARTS) is 1. The summed E-state index contributed by atoms with van der Waals surface area (Å²) < 4.78 is 22.6. The molecule has 0 aliphatic carbocycles. The molecule has 0 rings (SSSR count). The van der Waals surface area contributed by atoms with Gasteiger partial charge in [0.2, 0.25) is 0 Å². The van der Waals surface area contributed by atoms with Crippen LogP contribution in [-0.2, 0) is 33.3 Å². The van der Waals surface area contributed by atoms with Gasteiger partial charge in [-0.05, 0) is 44.9 Å². The molecule has 0 aromatic carbocycles. The summed E-state index contributed by atoms with van der Waals surface area (Å²) in [6.45, 7) is 4.77. The van der Waals surface area contributed by atoms with Gasteiger partial charge in [-0.2, -0.15) is 0 Å². The number of hydrogen-bond donors (Lipinski definition) is 1. The molecule has 0 aromatic rings. The van der Waals surface area contributed by atoms with E-state index < -0.39 is 24.3 Å². The first-order valence-electron chi connectivity index (χ1n) is 22.5. The molecule has 2 unspecified atom stereocenters. The van der Waals surface area contributed by atoms with Crippen molar-refractivity contribution in [1.29, 1.82) is 0 Å². The number of unbranched alkanes of at least 4 members (excludes halogenated alkanes) is 22. The quantitative estimate of drug-likeness (QED) is 0.0215. The predicted molar refractivity (Wildman–Crippen MR) is 226 cm³/mol. The molecule has 0 aromatic heterocycles. The molecule has 0 aliphatic rings. The minimum absolute atomic E-state index is 0.181. The number of quaternary nitrogens is 1. The van der Waals surface area contributed by atoms with Crippen molar-refractivity contribution in [3.63, 3.8) is 0 Å². The van der Waals surface area contributed by atoms with Crippen LogP contribution in [0.25, 0.3) is 0 Å². The van der Waals surface area contributed by atoms with E-state index >= 15 is 0 Å². The molecule has 0 amide bonds. The minimum Gasteiger partial charge on any atom is -0.477 e. The van der Waals surface area contributed by atoms with E-state index in [1.165, 1.54) is 109 Å². The van der Waals surface area contributed by atoms with Gasteiger partial charge in [0.25, 0.3) is 6.29 Å². The van der Waals surface area contributed by atoms with Crippen molar-refractivity contribution in [2.24, 2.45) is 0 Å². The number of carbonyl (C=O) groups is 3. The predicted octanol–water partition coefficient (Wildman–Crippen LogP) is 11.7. The van der Waals surface area contributed by atoms with Crippen molar-refractivity contribution >= 4 is 17.9 Å². The summed E-state index contributed by atoms with van der Waals surface area (Å²) in [5.74, 6) is -2.02. The van der Waals surface area contributed by atoms with E-state index in [4.69, 9.17) is 18.9 Å². The van der Waals surface area contributed by atoms with E-state index in [0.29, 0.717) is 17.4 Å². The molecule has 0 radical (unpaired) electrons. The highest BCUT2D eigenvalue weighted by Gasteiger charge is 2.25. The average Bonchev–Trinajstić information content (AvgIpc) is 3.14. The zero-order valence-electron chi connectivity index (χ0n) is 36.3. The molecular weight excluding hydrogens is 695 g/mol. The highest BCUT2D eigenvalue weighted by molar-refractivity contribution is 5.71. The number of likely N-dealkylation sites (N-methyl/N-ethyl adjacent to an activating group) is 1. The van der Waals surface area contributed by atoms with Crippen LogP contribution in [0.1, 0.15) is 194 Å². The Morgan fingerprint density at radius 2 is 0.982 bits per heavy atom. The fraction of sp³-hybridized carbons (Fsp3) is 0.848. The lowest BCUT2D eigenvalue weighted by molar-refractivity contribution is -0.870. The van der Waals surface area contributed by atoms with Gasteiger partial charge in [-0.25, -0.2) is 4.79 Å². The highest BCUT2D eigenvalue weighted by Crippen LogP contribution is 2.15. The molecule has 322 valence electrons. The van der Waals surface area contributed by atoms with Crippen LogP contribution in [0, 0.1) is 0 Å². The SMILES string of the molecule is CCCCCCC/C=C\C/C=C\CCCCCCCCCCCCCCCC(=O)OC(COC(=O)CCCCCCC)COC(OCC[N+](C)(C)C)C(=O)O. The standard InChI is InChI=1S/C46H85NO8/c1-6-8-10-12-13-14-15-16-17-18-19-20-21-22-23-24-25-26-27-28-29-30-31-33-35-37-44(49)55-42(40-53-43(48)36-34-32-11-9-7-2)41-54-46(45(50)51)52-39-38-47(3,4)5/h15-16,18-19,42,46H,6-14,17,20-41H2,1-5H3/p+1/b16-15-,19-18-. The van der Waals surface area contributed by atoms with Gasteiger partial charge in [-0.3, -0.25) is 9.59 Å². The van der Waals surface area contributed by atoms with Crippen LogP contribution in [0.3, 0.4) is 0 Å². The van der Waals surface area contributed by atoms with Crippen LogP contribution in [0.4, 0.5) is 0 Å². The van der Waals surface area contributed by atoms with Crippen LogP contribution in [0.15, 0.2) is 24.3 Å². The third kappa shape index (κ3) is 39.8. The normalized spacial score (nSPS) is 13.1. The number of ether oxygens (including phenoxy) is 4. The van der Waals surface area contributed by atoms with E-state index in [1.54, 1.807) is 0 Å². The maximum atomic E-state index is 12.7. The Kier molecular flexibility index (Phi) is 37.1.